The van der Waals surface area contributed by atoms with E-state index in [1.807, 2.05) is 0 Å². The molecule has 0 radical (unpaired) electrons. The third kappa shape index (κ3) is 4.68. The first-order chi connectivity index (χ1) is 14.6. The van der Waals surface area contributed by atoms with Gasteiger partial charge in [-0.15, -0.1) is 6.42 Å². The SMILES string of the molecule is C#C[C@@H](c1ccc(Cl)cc1)N(S(=O)(=O)c1ccc(C)cc1)S(=O)(=O)c1ccc(C)cc1. The second-order valence-electron chi connectivity index (χ2n) is 6.98. The second kappa shape index (κ2) is 8.85. The predicted octanol–water partition coefficient (Wildman–Crippen LogP) is 4.71. The number of aryl methyl sites for hydroxylation is 2. The molecular weight excluding hydrogens is 454 g/mol. The van der Waals surface area contributed by atoms with Crippen molar-refractivity contribution in [3.8, 4) is 12.3 Å². The Kier molecular flexibility index (Phi) is 6.58. The molecule has 3 aromatic rings. The van der Waals surface area contributed by atoms with Crippen molar-refractivity contribution in [2.75, 3.05) is 0 Å². The highest BCUT2D eigenvalue weighted by Crippen LogP contribution is 2.34. The molecule has 8 heteroatoms. The molecule has 0 amide bonds. The molecule has 0 aliphatic carbocycles. The predicted molar refractivity (Wildman–Crippen MR) is 122 cm³/mol. The second-order valence-corrected chi connectivity index (χ2v) is 11.3. The van der Waals surface area contributed by atoms with Gasteiger partial charge >= 0.3 is 0 Å². The van der Waals surface area contributed by atoms with E-state index in [9.17, 15) is 16.8 Å². The standard InChI is InChI=1S/C23H20ClNO4S2/c1-4-23(19-9-11-20(24)12-10-19)25(30(26,27)21-13-5-17(2)6-14-21)31(28,29)22-15-7-18(3)8-16-22/h1,5-16,23H,2-3H3/t23-/m0/s1. The average molecular weight is 474 g/mol. The number of rotatable bonds is 6. The molecule has 31 heavy (non-hydrogen) atoms. The number of halogens is 1. The van der Waals surface area contributed by atoms with Gasteiger partial charge in [-0.05, 0) is 55.8 Å². The molecule has 3 rings (SSSR count). The maximum atomic E-state index is 13.6. The molecule has 0 saturated heterocycles. The fraction of sp³-hybridized carbons (Fsp3) is 0.130. The lowest BCUT2D eigenvalue weighted by Crippen LogP contribution is -2.39. The molecule has 0 N–H and O–H groups in total. The van der Waals surface area contributed by atoms with Crippen molar-refractivity contribution >= 4 is 31.6 Å². The molecular formula is C23H20ClNO4S2. The van der Waals surface area contributed by atoms with Gasteiger partial charge in [0.15, 0.2) is 0 Å². The number of terminal acetylenes is 1. The van der Waals surface area contributed by atoms with Crippen molar-refractivity contribution < 1.29 is 16.8 Å². The molecule has 0 saturated carbocycles. The Morgan fingerprint density at radius 1 is 0.742 bits per heavy atom. The largest absolute Gasteiger partial charge is 0.257 e. The Labute approximate surface area is 188 Å². The van der Waals surface area contributed by atoms with E-state index in [-0.39, 0.29) is 9.79 Å². The van der Waals surface area contributed by atoms with Crippen LogP contribution in [0.1, 0.15) is 22.7 Å². The number of nitrogens with zero attached hydrogens (tertiary/aromatic N) is 1. The zero-order chi connectivity index (χ0) is 22.8. The molecule has 0 bridgehead atoms. The lowest BCUT2D eigenvalue weighted by molar-refractivity contribution is 0.474. The summed E-state index contributed by atoms with van der Waals surface area (Å²) in [5.41, 5.74) is 1.97. The van der Waals surface area contributed by atoms with Crippen LogP contribution in [0.25, 0.3) is 0 Å². The summed E-state index contributed by atoms with van der Waals surface area (Å²) < 4.78 is 54.8. The highest BCUT2D eigenvalue weighted by atomic mass is 35.5. The molecule has 0 aliphatic heterocycles. The van der Waals surface area contributed by atoms with Crippen LogP contribution in [-0.4, -0.2) is 20.5 Å². The van der Waals surface area contributed by atoms with E-state index in [2.05, 4.69) is 5.92 Å². The summed E-state index contributed by atoms with van der Waals surface area (Å²) in [5, 5.41) is 0.411. The lowest BCUT2D eigenvalue weighted by Gasteiger charge is -2.27. The number of benzene rings is 3. The van der Waals surface area contributed by atoms with Gasteiger partial charge in [0.1, 0.15) is 6.04 Å². The monoisotopic (exact) mass is 473 g/mol. The first-order valence-corrected chi connectivity index (χ1v) is 12.5. The Hall–Kier alpha value is -2.63. The minimum atomic E-state index is -4.53. The van der Waals surface area contributed by atoms with Crippen LogP contribution in [0.4, 0.5) is 0 Å². The van der Waals surface area contributed by atoms with Gasteiger partial charge in [0, 0.05) is 5.02 Å². The molecule has 0 fully saturated rings. The van der Waals surface area contributed by atoms with Crippen molar-refractivity contribution in [1.82, 2.24) is 3.71 Å². The van der Waals surface area contributed by atoms with Crippen LogP contribution in [0, 0.1) is 26.2 Å². The molecule has 0 unspecified atom stereocenters. The first kappa shape index (κ1) is 23.0. The van der Waals surface area contributed by atoms with Crippen molar-refractivity contribution in [3.05, 3.63) is 94.5 Å². The maximum absolute atomic E-state index is 13.6. The van der Waals surface area contributed by atoms with Gasteiger partial charge < -0.3 is 0 Å². The maximum Gasteiger partial charge on any atom is 0.257 e. The van der Waals surface area contributed by atoms with Crippen molar-refractivity contribution in [2.45, 2.75) is 29.7 Å². The number of hydrogen-bond donors (Lipinski definition) is 0. The first-order valence-electron chi connectivity index (χ1n) is 9.22. The van der Waals surface area contributed by atoms with Gasteiger partial charge in [-0.25, -0.2) is 16.8 Å². The minimum Gasteiger partial charge on any atom is -0.206 e. The summed E-state index contributed by atoms with van der Waals surface area (Å²) in [6, 6.07) is 16.5. The summed E-state index contributed by atoms with van der Waals surface area (Å²) in [7, 11) is -9.07. The highest BCUT2D eigenvalue weighted by Gasteiger charge is 2.42. The van der Waals surface area contributed by atoms with Crippen LogP contribution in [0.5, 0.6) is 0 Å². The fourth-order valence-electron chi connectivity index (χ4n) is 2.96. The van der Waals surface area contributed by atoms with Gasteiger partial charge in [-0.3, -0.25) is 0 Å². The highest BCUT2D eigenvalue weighted by molar-refractivity contribution is 8.04. The Morgan fingerprint density at radius 3 is 1.48 bits per heavy atom. The zero-order valence-corrected chi connectivity index (χ0v) is 19.2. The zero-order valence-electron chi connectivity index (χ0n) is 16.9. The summed E-state index contributed by atoms with van der Waals surface area (Å²) in [5.74, 6) is 2.34. The van der Waals surface area contributed by atoms with Crippen LogP contribution in [0.3, 0.4) is 0 Å². The van der Waals surface area contributed by atoms with Gasteiger partial charge in [-0.1, -0.05) is 68.8 Å². The van der Waals surface area contributed by atoms with Crippen LogP contribution in [-0.2, 0) is 20.0 Å². The molecule has 0 aromatic heterocycles. The van der Waals surface area contributed by atoms with Crippen molar-refractivity contribution in [1.29, 1.82) is 0 Å². The molecule has 160 valence electrons. The van der Waals surface area contributed by atoms with E-state index in [4.69, 9.17) is 18.0 Å². The molecule has 5 nitrogen and oxygen atoms in total. The third-order valence-corrected chi connectivity index (χ3v) is 9.20. The Morgan fingerprint density at radius 2 is 1.13 bits per heavy atom. The van der Waals surface area contributed by atoms with E-state index in [0.29, 0.717) is 14.3 Å². The summed E-state index contributed by atoms with van der Waals surface area (Å²) >= 11 is 5.94. The van der Waals surface area contributed by atoms with Gasteiger partial charge in [0.05, 0.1) is 9.79 Å². The summed E-state index contributed by atoms with van der Waals surface area (Å²) in [6.45, 7) is 3.60. The van der Waals surface area contributed by atoms with Gasteiger partial charge in [0.2, 0.25) is 0 Å². The smallest absolute Gasteiger partial charge is 0.206 e. The van der Waals surface area contributed by atoms with Crippen molar-refractivity contribution in [3.63, 3.8) is 0 Å². The Bertz CT molecular complexity index is 1250. The van der Waals surface area contributed by atoms with Crippen LogP contribution < -0.4 is 0 Å². The fourth-order valence-corrected chi connectivity index (χ4v) is 6.93. The number of hydrogen-bond acceptors (Lipinski definition) is 4. The molecule has 0 spiro atoms. The van der Waals surface area contributed by atoms with Crippen LogP contribution in [0.2, 0.25) is 5.02 Å². The quantitative estimate of drug-likeness (QED) is 0.486. The van der Waals surface area contributed by atoms with Crippen LogP contribution >= 0.6 is 11.6 Å². The van der Waals surface area contributed by atoms with Gasteiger partial charge in [-0.2, -0.15) is 0 Å². The molecule has 0 heterocycles. The minimum absolute atomic E-state index is 0.178. The third-order valence-electron chi connectivity index (χ3n) is 4.67. The topological polar surface area (TPSA) is 71.5 Å². The molecule has 0 aliphatic rings. The van der Waals surface area contributed by atoms with Crippen molar-refractivity contribution in [2.24, 2.45) is 0 Å². The Balaban J connectivity index is 2.27. The number of sulfonamides is 2. The lowest BCUT2D eigenvalue weighted by atomic mass is 10.1. The van der Waals surface area contributed by atoms with E-state index < -0.39 is 26.1 Å². The van der Waals surface area contributed by atoms with E-state index in [0.717, 1.165) is 11.1 Å². The van der Waals surface area contributed by atoms with Crippen LogP contribution in [0.15, 0.2) is 82.6 Å². The van der Waals surface area contributed by atoms with E-state index in [1.165, 1.54) is 48.5 Å². The van der Waals surface area contributed by atoms with E-state index >= 15 is 0 Å². The summed E-state index contributed by atoms with van der Waals surface area (Å²) in [4.78, 5) is -0.356. The van der Waals surface area contributed by atoms with Gasteiger partial charge in [0.25, 0.3) is 20.0 Å². The molecule has 3 aromatic carbocycles. The molecule has 1 atom stereocenters. The summed E-state index contributed by atoms with van der Waals surface area (Å²) in [6.07, 6.45) is 5.69. The average Bonchev–Trinajstić information content (AvgIpc) is 2.73. The van der Waals surface area contributed by atoms with E-state index in [1.54, 1.807) is 38.1 Å². The normalized spacial score (nSPS) is 13.0.